The highest BCUT2D eigenvalue weighted by Gasteiger charge is 2.45. The van der Waals surface area contributed by atoms with E-state index in [1.807, 2.05) is 93.6 Å². The Hall–Kier alpha value is -4.64. The van der Waals surface area contributed by atoms with Crippen LogP contribution in [0, 0.1) is 5.41 Å². The van der Waals surface area contributed by atoms with E-state index in [0.717, 1.165) is 33.8 Å². The summed E-state index contributed by atoms with van der Waals surface area (Å²) in [6.07, 6.45) is 0. The number of hydrogen-bond donors (Lipinski definition) is 0. The SMILES string of the molecule is C=C(C)C(=O)Oc1ccc(C2(c3ccc(OC(=O)C(C)(C)C)cc3)c3ccccc3Oc3ccccc32)cc1. The van der Waals surface area contributed by atoms with E-state index in [1.54, 1.807) is 19.1 Å². The number of para-hydroxylation sites is 2. The molecule has 0 saturated heterocycles. The number of fused-ring (bicyclic) bond motifs is 2. The number of carbonyl (C=O) groups is 2. The first-order valence-electron chi connectivity index (χ1n) is 12.8. The Balaban J connectivity index is 1.69. The standard InChI is InChI=1S/C34H30O5/c1-22(2)31(35)37-25-18-14-23(15-19-25)34(24-16-20-26(21-17-24)38-32(36)33(3,4)5)27-10-6-8-12-29(27)39-30-13-9-7-11-28(30)34/h6-21H,1H2,2-5H3. The lowest BCUT2D eigenvalue weighted by Gasteiger charge is -2.41. The van der Waals surface area contributed by atoms with Crippen LogP contribution in [0.15, 0.2) is 109 Å². The molecule has 4 aromatic rings. The van der Waals surface area contributed by atoms with Crippen LogP contribution in [0.5, 0.6) is 23.0 Å². The van der Waals surface area contributed by atoms with Crippen LogP contribution < -0.4 is 14.2 Å². The van der Waals surface area contributed by atoms with E-state index in [4.69, 9.17) is 14.2 Å². The van der Waals surface area contributed by atoms with Gasteiger partial charge in [-0.1, -0.05) is 67.2 Å². The highest BCUT2D eigenvalue weighted by Crippen LogP contribution is 2.55. The van der Waals surface area contributed by atoms with Crippen molar-refractivity contribution in [3.05, 3.63) is 131 Å². The molecule has 0 unspecified atom stereocenters. The van der Waals surface area contributed by atoms with Crippen molar-refractivity contribution in [2.24, 2.45) is 5.41 Å². The van der Waals surface area contributed by atoms with Gasteiger partial charge in [0.25, 0.3) is 0 Å². The van der Waals surface area contributed by atoms with Gasteiger partial charge in [0.05, 0.1) is 10.8 Å². The fraction of sp³-hybridized carbons (Fsp3) is 0.176. The van der Waals surface area contributed by atoms with Crippen molar-refractivity contribution >= 4 is 11.9 Å². The topological polar surface area (TPSA) is 61.8 Å². The molecule has 0 atom stereocenters. The summed E-state index contributed by atoms with van der Waals surface area (Å²) in [5.74, 6) is 1.63. The first-order chi connectivity index (χ1) is 18.6. The van der Waals surface area contributed by atoms with Gasteiger partial charge in [-0.3, -0.25) is 4.79 Å². The highest BCUT2D eigenvalue weighted by molar-refractivity contribution is 5.88. The Morgan fingerprint density at radius 2 is 1.13 bits per heavy atom. The van der Waals surface area contributed by atoms with Crippen LogP contribution in [0.1, 0.15) is 49.9 Å². The van der Waals surface area contributed by atoms with Gasteiger partial charge in [0, 0.05) is 16.7 Å². The summed E-state index contributed by atoms with van der Waals surface area (Å²) in [6.45, 7) is 10.8. The largest absolute Gasteiger partial charge is 0.457 e. The second-order valence-electron chi connectivity index (χ2n) is 10.7. The van der Waals surface area contributed by atoms with Crippen molar-refractivity contribution < 1.29 is 23.8 Å². The Morgan fingerprint density at radius 1 is 0.692 bits per heavy atom. The minimum atomic E-state index is -0.755. The lowest BCUT2D eigenvalue weighted by Crippen LogP contribution is -2.34. The van der Waals surface area contributed by atoms with Gasteiger partial charge in [0.15, 0.2) is 0 Å². The smallest absolute Gasteiger partial charge is 0.338 e. The highest BCUT2D eigenvalue weighted by atomic mass is 16.5. The third-order valence-corrected chi connectivity index (χ3v) is 6.76. The summed E-state index contributed by atoms with van der Waals surface area (Å²) in [6, 6.07) is 31.1. The molecule has 5 nitrogen and oxygen atoms in total. The van der Waals surface area contributed by atoms with E-state index in [2.05, 4.69) is 18.7 Å². The lowest BCUT2D eigenvalue weighted by atomic mass is 9.63. The number of benzene rings is 4. The third kappa shape index (κ3) is 4.72. The fourth-order valence-electron chi connectivity index (χ4n) is 4.78. The number of ether oxygens (including phenoxy) is 3. The van der Waals surface area contributed by atoms with Crippen LogP contribution in [-0.2, 0) is 15.0 Å². The van der Waals surface area contributed by atoms with Crippen molar-refractivity contribution in [3.63, 3.8) is 0 Å². The van der Waals surface area contributed by atoms with Crippen LogP contribution in [0.4, 0.5) is 0 Å². The average molecular weight is 519 g/mol. The lowest BCUT2D eigenvalue weighted by molar-refractivity contribution is -0.143. The second kappa shape index (κ2) is 9.91. The van der Waals surface area contributed by atoms with Gasteiger partial charge in [0.2, 0.25) is 0 Å². The first-order valence-corrected chi connectivity index (χ1v) is 12.8. The van der Waals surface area contributed by atoms with Gasteiger partial charge in [-0.2, -0.15) is 0 Å². The summed E-state index contributed by atoms with van der Waals surface area (Å²) < 4.78 is 17.5. The molecule has 5 rings (SSSR count). The first kappa shape index (κ1) is 26.0. The Morgan fingerprint density at radius 3 is 1.56 bits per heavy atom. The molecule has 196 valence electrons. The monoisotopic (exact) mass is 518 g/mol. The Bertz CT molecular complexity index is 1510. The zero-order valence-electron chi connectivity index (χ0n) is 22.5. The van der Waals surface area contributed by atoms with Gasteiger partial charge in [-0.25, -0.2) is 4.79 Å². The molecule has 0 amide bonds. The van der Waals surface area contributed by atoms with E-state index in [-0.39, 0.29) is 5.97 Å². The van der Waals surface area contributed by atoms with Crippen LogP contribution in [-0.4, -0.2) is 11.9 Å². The maximum Gasteiger partial charge on any atom is 0.338 e. The molecule has 4 aromatic carbocycles. The van der Waals surface area contributed by atoms with E-state index in [1.165, 1.54) is 0 Å². The maximum atomic E-state index is 12.5. The summed E-state index contributed by atoms with van der Waals surface area (Å²) in [7, 11) is 0. The molecular formula is C34H30O5. The van der Waals surface area contributed by atoms with E-state index < -0.39 is 16.8 Å². The predicted octanol–water partition coefficient (Wildman–Crippen LogP) is 7.61. The maximum absolute atomic E-state index is 12.5. The van der Waals surface area contributed by atoms with Crippen molar-refractivity contribution in [3.8, 4) is 23.0 Å². The molecule has 0 aromatic heterocycles. The van der Waals surface area contributed by atoms with Gasteiger partial charge < -0.3 is 14.2 Å². The van der Waals surface area contributed by atoms with Crippen molar-refractivity contribution in [1.82, 2.24) is 0 Å². The third-order valence-electron chi connectivity index (χ3n) is 6.76. The summed E-state index contributed by atoms with van der Waals surface area (Å²) in [5, 5.41) is 0. The van der Waals surface area contributed by atoms with E-state index in [0.29, 0.717) is 17.1 Å². The average Bonchev–Trinajstić information content (AvgIpc) is 2.92. The summed E-state index contributed by atoms with van der Waals surface area (Å²) in [4.78, 5) is 24.6. The molecule has 0 aliphatic carbocycles. The van der Waals surface area contributed by atoms with Crippen molar-refractivity contribution in [2.75, 3.05) is 0 Å². The molecule has 0 fully saturated rings. The van der Waals surface area contributed by atoms with Gasteiger partial charge >= 0.3 is 11.9 Å². The molecule has 0 saturated carbocycles. The minimum absolute atomic E-state index is 0.299. The normalized spacial score (nSPS) is 13.3. The van der Waals surface area contributed by atoms with Crippen LogP contribution in [0.2, 0.25) is 0 Å². The molecule has 1 heterocycles. The van der Waals surface area contributed by atoms with E-state index >= 15 is 0 Å². The van der Waals surface area contributed by atoms with Crippen LogP contribution in [0.3, 0.4) is 0 Å². The molecule has 0 radical (unpaired) electrons. The van der Waals surface area contributed by atoms with Gasteiger partial charge in [0.1, 0.15) is 23.0 Å². The second-order valence-corrected chi connectivity index (χ2v) is 10.7. The fourth-order valence-corrected chi connectivity index (χ4v) is 4.78. The molecule has 39 heavy (non-hydrogen) atoms. The Kier molecular flexibility index (Phi) is 6.61. The number of esters is 2. The molecule has 5 heteroatoms. The predicted molar refractivity (Wildman–Crippen MR) is 150 cm³/mol. The van der Waals surface area contributed by atoms with E-state index in [9.17, 15) is 9.59 Å². The zero-order chi connectivity index (χ0) is 27.8. The number of rotatable bonds is 5. The molecule has 0 spiro atoms. The number of carbonyl (C=O) groups excluding carboxylic acids is 2. The van der Waals surface area contributed by atoms with Crippen LogP contribution >= 0.6 is 0 Å². The van der Waals surface area contributed by atoms with Gasteiger partial charge in [-0.15, -0.1) is 0 Å². The zero-order valence-corrected chi connectivity index (χ0v) is 22.5. The Labute approximate surface area is 228 Å². The van der Waals surface area contributed by atoms with Crippen molar-refractivity contribution in [1.29, 1.82) is 0 Å². The molecule has 0 N–H and O–H groups in total. The molecule has 1 aliphatic rings. The van der Waals surface area contributed by atoms with Crippen molar-refractivity contribution in [2.45, 2.75) is 33.1 Å². The quantitative estimate of drug-likeness (QED) is 0.136. The van der Waals surface area contributed by atoms with Crippen LogP contribution in [0.25, 0.3) is 0 Å². The molecule has 1 aliphatic heterocycles. The summed E-state index contributed by atoms with van der Waals surface area (Å²) >= 11 is 0. The van der Waals surface area contributed by atoms with Gasteiger partial charge in [-0.05, 0) is 75.2 Å². The minimum Gasteiger partial charge on any atom is -0.457 e. The molecule has 0 bridgehead atoms. The summed E-state index contributed by atoms with van der Waals surface area (Å²) in [5.41, 5.74) is 2.82. The number of hydrogen-bond acceptors (Lipinski definition) is 5. The molecular weight excluding hydrogens is 488 g/mol.